The van der Waals surface area contributed by atoms with Crippen LogP contribution in [0.3, 0.4) is 0 Å². The van der Waals surface area contributed by atoms with Crippen LogP contribution in [-0.4, -0.2) is 52.5 Å². The molecule has 3 N–H and O–H groups in total. The fourth-order valence-corrected chi connectivity index (χ4v) is 3.03. The molecule has 2 aromatic heterocycles. The summed E-state index contributed by atoms with van der Waals surface area (Å²) in [6, 6.07) is 0. The minimum absolute atomic E-state index is 0.271. The summed E-state index contributed by atoms with van der Waals surface area (Å²) in [5, 5.41) is 22.6. The van der Waals surface area contributed by atoms with Crippen molar-refractivity contribution in [3.63, 3.8) is 0 Å². The zero-order valence-corrected chi connectivity index (χ0v) is 12.6. The lowest BCUT2D eigenvalue weighted by atomic mass is 10.2. The first-order valence-corrected chi connectivity index (χ1v) is 7.24. The van der Waals surface area contributed by atoms with Crippen molar-refractivity contribution in [3.05, 3.63) is 16.8 Å². The lowest BCUT2D eigenvalue weighted by Gasteiger charge is -2.11. The van der Waals surface area contributed by atoms with Gasteiger partial charge in [0.1, 0.15) is 21.9 Å². The van der Waals surface area contributed by atoms with Gasteiger partial charge in [-0.15, -0.1) is 11.3 Å². The Balaban J connectivity index is 2.18. The van der Waals surface area contributed by atoms with Gasteiger partial charge < -0.3 is 20.3 Å². The summed E-state index contributed by atoms with van der Waals surface area (Å²) in [4.78, 5) is 20.4. The number of anilines is 1. The Labute approximate surface area is 125 Å². The van der Waals surface area contributed by atoms with E-state index in [-0.39, 0.29) is 11.5 Å². The molecule has 114 valence electrons. The molecule has 0 bridgehead atoms. The topological polar surface area (TPSA) is 105 Å². The minimum Gasteiger partial charge on any atom is -0.477 e. The van der Waals surface area contributed by atoms with Crippen LogP contribution in [0.25, 0.3) is 10.2 Å². The number of hydrogen-bond acceptors (Lipinski definition) is 7. The number of carbonyl (C=O) groups is 1. The number of methoxy groups -OCH3 is 1. The number of aryl methyl sites for hydroxylation is 1. The van der Waals surface area contributed by atoms with Gasteiger partial charge in [-0.2, -0.15) is 0 Å². The van der Waals surface area contributed by atoms with Crippen molar-refractivity contribution in [3.8, 4) is 0 Å². The van der Waals surface area contributed by atoms with Gasteiger partial charge in [0.25, 0.3) is 0 Å². The molecule has 0 aromatic carbocycles. The molecule has 0 radical (unpaired) electrons. The number of rotatable bonds is 7. The van der Waals surface area contributed by atoms with Gasteiger partial charge >= 0.3 is 5.97 Å². The van der Waals surface area contributed by atoms with Crippen molar-refractivity contribution >= 4 is 33.3 Å². The van der Waals surface area contributed by atoms with E-state index in [9.17, 15) is 9.90 Å². The fourth-order valence-electron chi connectivity index (χ4n) is 2.04. The molecule has 2 rings (SSSR count). The van der Waals surface area contributed by atoms with Gasteiger partial charge in [0.2, 0.25) is 0 Å². The number of fused-ring (bicyclic) bond motifs is 1. The molecular formula is C13H17N3O4S. The van der Waals surface area contributed by atoms with E-state index in [2.05, 4.69) is 15.3 Å². The summed E-state index contributed by atoms with van der Waals surface area (Å²) in [6.07, 6.45) is 1.37. The van der Waals surface area contributed by atoms with Crippen LogP contribution in [0, 0.1) is 6.92 Å². The highest BCUT2D eigenvalue weighted by Crippen LogP contribution is 2.33. The number of aromatic carboxylic acids is 1. The molecule has 0 aliphatic heterocycles. The predicted octanol–water partition coefficient (Wildman–Crippen LogP) is 1.51. The van der Waals surface area contributed by atoms with Crippen molar-refractivity contribution in [1.29, 1.82) is 0 Å². The third kappa shape index (κ3) is 3.46. The van der Waals surface area contributed by atoms with E-state index in [1.54, 1.807) is 6.92 Å². The Hall–Kier alpha value is -1.77. The van der Waals surface area contributed by atoms with Crippen LogP contribution >= 0.6 is 11.3 Å². The first kappa shape index (κ1) is 15.6. The van der Waals surface area contributed by atoms with Gasteiger partial charge in [-0.25, -0.2) is 14.8 Å². The Bertz CT molecular complexity index is 644. The Kier molecular flexibility index (Phi) is 5.05. The third-order valence-electron chi connectivity index (χ3n) is 3.05. The molecule has 0 saturated heterocycles. The highest BCUT2D eigenvalue weighted by atomic mass is 32.1. The standard InChI is InChI=1S/C13H17N3O4S/c1-7-9-11(14-4-3-8(17)5-20-2)15-6-16-12(9)21-10(7)13(18)19/h6,8,17H,3-5H2,1-2H3,(H,18,19)(H,14,15,16). The molecule has 7 nitrogen and oxygen atoms in total. The average Bonchev–Trinajstić information content (AvgIpc) is 2.78. The van der Waals surface area contributed by atoms with E-state index in [0.717, 1.165) is 16.7 Å². The van der Waals surface area contributed by atoms with E-state index in [1.807, 2.05) is 0 Å². The molecule has 0 fully saturated rings. The largest absolute Gasteiger partial charge is 0.477 e. The maximum Gasteiger partial charge on any atom is 0.346 e. The van der Waals surface area contributed by atoms with Crippen LogP contribution in [-0.2, 0) is 4.74 Å². The van der Waals surface area contributed by atoms with Gasteiger partial charge in [0.15, 0.2) is 0 Å². The van der Waals surface area contributed by atoms with Crippen LogP contribution < -0.4 is 5.32 Å². The van der Waals surface area contributed by atoms with Crippen molar-refractivity contribution in [1.82, 2.24) is 9.97 Å². The number of aliphatic hydroxyl groups excluding tert-OH is 1. The van der Waals surface area contributed by atoms with Crippen LogP contribution in [0.15, 0.2) is 6.33 Å². The van der Waals surface area contributed by atoms with Crippen molar-refractivity contribution in [2.75, 3.05) is 25.6 Å². The Morgan fingerprint density at radius 2 is 2.29 bits per heavy atom. The lowest BCUT2D eigenvalue weighted by Crippen LogP contribution is -2.18. The highest BCUT2D eigenvalue weighted by Gasteiger charge is 2.18. The molecule has 0 aliphatic carbocycles. The van der Waals surface area contributed by atoms with Gasteiger partial charge in [-0.05, 0) is 18.9 Å². The van der Waals surface area contributed by atoms with Crippen molar-refractivity contribution in [2.45, 2.75) is 19.4 Å². The fraction of sp³-hybridized carbons (Fsp3) is 0.462. The molecule has 0 saturated carbocycles. The van der Waals surface area contributed by atoms with Crippen LogP contribution in [0.4, 0.5) is 5.82 Å². The first-order valence-electron chi connectivity index (χ1n) is 6.42. The molecule has 1 unspecified atom stereocenters. The summed E-state index contributed by atoms with van der Waals surface area (Å²) in [5.41, 5.74) is 0.656. The first-order chi connectivity index (χ1) is 10.0. The summed E-state index contributed by atoms with van der Waals surface area (Å²) < 4.78 is 4.86. The van der Waals surface area contributed by atoms with E-state index >= 15 is 0 Å². The number of carboxylic acid groups (broad SMARTS) is 1. The van der Waals surface area contributed by atoms with Gasteiger partial charge in [-0.1, -0.05) is 0 Å². The molecule has 0 spiro atoms. The quantitative estimate of drug-likeness (QED) is 0.711. The van der Waals surface area contributed by atoms with E-state index < -0.39 is 12.1 Å². The maximum atomic E-state index is 11.2. The van der Waals surface area contributed by atoms with Crippen LogP contribution in [0.5, 0.6) is 0 Å². The predicted molar refractivity (Wildman–Crippen MR) is 80.1 cm³/mol. The second-order valence-electron chi connectivity index (χ2n) is 4.59. The highest BCUT2D eigenvalue weighted by molar-refractivity contribution is 7.20. The minimum atomic E-state index is -0.961. The van der Waals surface area contributed by atoms with Crippen LogP contribution in [0.1, 0.15) is 21.7 Å². The number of aromatic nitrogens is 2. The molecule has 0 aliphatic rings. The van der Waals surface area contributed by atoms with Crippen molar-refractivity contribution in [2.24, 2.45) is 0 Å². The number of nitrogens with one attached hydrogen (secondary N) is 1. The maximum absolute atomic E-state index is 11.2. The number of aliphatic hydroxyl groups is 1. The smallest absolute Gasteiger partial charge is 0.346 e. The Morgan fingerprint density at radius 1 is 1.52 bits per heavy atom. The zero-order chi connectivity index (χ0) is 15.4. The number of hydrogen-bond donors (Lipinski definition) is 3. The normalized spacial score (nSPS) is 12.5. The number of ether oxygens (including phenoxy) is 1. The average molecular weight is 311 g/mol. The third-order valence-corrected chi connectivity index (χ3v) is 4.24. The number of carboxylic acids is 1. The summed E-state index contributed by atoms with van der Waals surface area (Å²) in [5.74, 6) is -0.372. The monoisotopic (exact) mass is 311 g/mol. The number of thiophene rings is 1. The zero-order valence-electron chi connectivity index (χ0n) is 11.8. The molecule has 2 aromatic rings. The second kappa shape index (κ2) is 6.79. The molecule has 8 heteroatoms. The molecule has 21 heavy (non-hydrogen) atoms. The molecule has 2 heterocycles. The summed E-state index contributed by atoms with van der Waals surface area (Å²) in [7, 11) is 1.53. The second-order valence-corrected chi connectivity index (χ2v) is 5.59. The molecule has 1 atom stereocenters. The van der Waals surface area contributed by atoms with Crippen LogP contribution in [0.2, 0.25) is 0 Å². The molecule has 0 amide bonds. The number of nitrogens with zero attached hydrogens (tertiary/aromatic N) is 2. The summed E-state index contributed by atoms with van der Waals surface area (Å²) >= 11 is 1.13. The lowest BCUT2D eigenvalue weighted by molar-refractivity contribution is 0.0615. The SMILES string of the molecule is COCC(O)CCNc1ncnc2sc(C(=O)O)c(C)c12. The van der Waals surface area contributed by atoms with E-state index in [4.69, 9.17) is 9.84 Å². The van der Waals surface area contributed by atoms with E-state index in [0.29, 0.717) is 29.2 Å². The van der Waals surface area contributed by atoms with E-state index in [1.165, 1.54) is 13.4 Å². The summed E-state index contributed by atoms with van der Waals surface area (Å²) in [6.45, 7) is 2.53. The van der Waals surface area contributed by atoms with Gasteiger partial charge in [-0.3, -0.25) is 0 Å². The molecular weight excluding hydrogens is 294 g/mol. The van der Waals surface area contributed by atoms with Crippen molar-refractivity contribution < 1.29 is 19.7 Å². The van der Waals surface area contributed by atoms with Gasteiger partial charge in [0.05, 0.1) is 18.1 Å². The van der Waals surface area contributed by atoms with Gasteiger partial charge in [0, 0.05) is 13.7 Å². The Morgan fingerprint density at radius 3 is 2.95 bits per heavy atom.